The lowest BCUT2D eigenvalue weighted by Crippen LogP contribution is -2.54. The lowest BCUT2D eigenvalue weighted by Gasteiger charge is -2.65. The highest BCUT2D eigenvalue weighted by Crippen LogP contribution is 2.75. The van der Waals surface area contributed by atoms with Crippen molar-refractivity contribution in [2.24, 2.45) is 41.4 Å². The highest BCUT2D eigenvalue weighted by molar-refractivity contribution is 7.59. The third-order valence-electron chi connectivity index (χ3n) is 10.3. The van der Waals surface area contributed by atoms with Crippen LogP contribution in [0.2, 0.25) is 0 Å². The molecule has 8 aliphatic rings. The fraction of sp³-hybridized carbons (Fsp3) is 0.778. The third kappa shape index (κ3) is 2.65. The minimum absolute atomic E-state index is 0.139. The Hall–Kier alpha value is -0.350. The van der Waals surface area contributed by atoms with Crippen LogP contribution in [-0.4, -0.2) is 10.8 Å². The zero-order valence-electron chi connectivity index (χ0n) is 17.4. The average molecular weight is 393 g/mol. The molecule has 0 N–H and O–H groups in total. The highest BCUT2D eigenvalue weighted by atomic mass is 31.1. The highest BCUT2D eigenvalue weighted by Gasteiger charge is 2.59. The van der Waals surface area contributed by atoms with Crippen molar-refractivity contribution in [3.63, 3.8) is 0 Å². The van der Waals surface area contributed by atoms with E-state index in [9.17, 15) is 0 Å². The Morgan fingerprint density at radius 3 is 1.68 bits per heavy atom. The molecule has 8 aliphatic carbocycles. The molecule has 150 valence electrons. The second-order valence-corrected chi connectivity index (χ2v) is 15.0. The maximum absolute atomic E-state index is 2.46. The molecule has 1 aromatic carbocycles. The standard InChI is InChI=1S/C27H37P/c1-2-4-18(5-3-1)17-28(26-24-10-19-6-20(12-24)13-25(26)11-19)27-14-21-7-22(15-27)9-23(8-21)16-27/h1-5,19-26H,6-17H2. The van der Waals surface area contributed by atoms with Gasteiger partial charge in [0, 0.05) is 0 Å². The summed E-state index contributed by atoms with van der Waals surface area (Å²) in [6, 6.07) is 11.8. The number of rotatable bonds is 4. The molecule has 1 unspecified atom stereocenters. The van der Waals surface area contributed by atoms with Gasteiger partial charge in [0.25, 0.3) is 0 Å². The molecule has 1 aromatic rings. The van der Waals surface area contributed by atoms with Gasteiger partial charge in [-0.1, -0.05) is 38.3 Å². The van der Waals surface area contributed by atoms with Gasteiger partial charge in [0.15, 0.2) is 0 Å². The molecule has 0 radical (unpaired) electrons. The van der Waals surface area contributed by atoms with Crippen LogP contribution < -0.4 is 0 Å². The van der Waals surface area contributed by atoms with Crippen molar-refractivity contribution in [1.29, 1.82) is 0 Å². The van der Waals surface area contributed by atoms with Crippen molar-refractivity contribution < 1.29 is 0 Å². The summed E-state index contributed by atoms with van der Waals surface area (Å²) in [7, 11) is 0.139. The van der Waals surface area contributed by atoms with E-state index in [1.54, 1.807) is 76.2 Å². The van der Waals surface area contributed by atoms with Crippen molar-refractivity contribution in [1.82, 2.24) is 0 Å². The number of hydrogen-bond donors (Lipinski definition) is 0. The van der Waals surface area contributed by atoms with Gasteiger partial charge < -0.3 is 0 Å². The Kier molecular flexibility index (Phi) is 3.92. The molecule has 1 heteroatoms. The van der Waals surface area contributed by atoms with Crippen molar-refractivity contribution in [2.75, 3.05) is 0 Å². The molecular formula is C27H37P. The van der Waals surface area contributed by atoms with Crippen LogP contribution in [0.1, 0.15) is 76.2 Å². The minimum atomic E-state index is 0.139. The van der Waals surface area contributed by atoms with E-state index in [4.69, 9.17) is 0 Å². The molecular weight excluding hydrogens is 355 g/mol. The first kappa shape index (κ1) is 17.3. The van der Waals surface area contributed by atoms with Crippen molar-refractivity contribution >= 4 is 7.92 Å². The molecule has 8 fully saturated rings. The molecule has 28 heavy (non-hydrogen) atoms. The van der Waals surface area contributed by atoms with E-state index in [2.05, 4.69) is 30.3 Å². The first-order valence-electron chi connectivity index (χ1n) is 12.5. The summed E-state index contributed by atoms with van der Waals surface area (Å²) in [5.74, 6) is 7.85. The summed E-state index contributed by atoms with van der Waals surface area (Å²) in [5, 5.41) is 0.792. The van der Waals surface area contributed by atoms with Crippen LogP contribution in [-0.2, 0) is 6.16 Å². The molecule has 0 amide bonds. The number of hydrogen-bond acceptors (Lipinski definition) is 0. The van der Waals surface area contributed by atoms with Crippen molar-refractivity contribution in [3.8, 4) is 0 Å². The molecule has 9 rings (SSSR count). The van der Waals surface area contributed by atoms with Gasteiger partial charge >= 0.3 is 0 Å². The molecule has 0 spiro atoms. The molecule has 8 saturated carbocycles. The fourth-order valence-corrected chi connectivity index (χ4v) is 15.0. The summed E-state index contributed by atoms with van der Waals surface area (Å²) < 4.78 is 0. The van der Waals surface area contributed by atoms with Gasteiger partial charge in [-0.2, -0.15) is 0 Å². The minimum Gasteiger partial charge on any atom is -0.0921 e. The lowest BCUT2D eigenvalue weighted by molar-refractivity contribution is 0.0147. The van der Waals surface area contributed by atoms with Gasteiger partial charge in [-0.15, -0.1) is 0 Å². The lowest BCUT2D eigenvalue weighted by atomic mass is 9.55. The first-order chi connectivity index (χ1) is 13.7. The predicted molar refractivity (Wildman–Crippen MR) is 119 cm³/mol. The van der Waals surface area contributed by atoms with E-state index in [1.165, 1.54) is 6.16 Å². The molecule has 8 bridgehead atoms. The second-order valence-electron chi connectivity index (χ2n) is 12.2. The molecule has 0 heterocycles. The Morgan fingerprint density at radius 1 is 0.643 bits per heavy atom. The normalized spacial score (nSPS) is 51.6. The molecule has 0 nitrogen and oxygen atoms in total. The van der Waals surface area contributed by atoms with E-state index in [0.717, 1.165) is 52.2 Å². The Balaban J connectivity index is 1.28. The summed E-state index contributed by atoms with van der Waals surface area (Å²) in [5.41, 5.74) is 2.82. The van der Waals surface area contributed by atoms with Gasteiger partial charge in [-0.3, -0.25) is 0 Å². The smallest absolute Gasteiger partial charge is 0.00654 e. The van der Waals surface area contributed by atoms with Gasteiger partial charge in [0.2, 0.25) is 0 Å². The van der Waals surface area contributed by atoms with Gasteiger partial charge in [0.05, 0.1) is 0 Å². The topological polar surface area (TPSA) is 0 Å². The van der Waals surface area contributed by atoms with Crippen LogP contribution in [0.15, 0.2) is 30.3 Å². The summed E-state index contributed by atoms with van der Waals surface area (Å²) in [4.78, 5) is 0. The Morgan fingerprint density at radius 2 is 1.14 bits per heavy atom. The summed E-state index contributed by atoms with van der Waals surface area (Å²) in [6.45, 7) is 0. The fourth-order valence-electron chi connectivity index (χ4n) is 10.2. The first-order valence-corrected chi connectivity index (χ1v) is 14.1. The van der Waals surface area contributed by atoms with E-state index in [1.807, 2.05) is 0 Å². The van der Waals surface area contributed by atoms with Crippen LogP contribution in [0, 0.1) is 41.4 Å². The molecule has 0 saturated heterocycles. The summed E-state index contributed by atoms with van der Waals surface area (Å²) in [6.07, 6.45) is 19.3. The van der Waals surface area contributed by atoms with Gasteiger partial charge in [-0.05, 0) is 135 Å². The largest absolute Gasteiger partial charge is 0.0921 e. The van der Waals surface area contributed by atoms with Crippen LogP contribution in [0.25, 0.3) is 0 Å². The van der Waals surface area contributed by atoms with Crippen molar-refractivity contribution in [2.45, 2.75) is 87.6 Å². The van der Waals surface area contributed by atoms with Crippen LogP contribution in [0.4, 0.5) is 0 Å². The molecule has 0 aliphatic heterocycles. The third-order valence-corrected chi connectivity index (χ3v) is 14.4. The van der Waals surface area contributed by atoms with Crippen LogP contribution in [0.5, 0.6) is 0 Å². The second kappa shape index (κ2) is 6.33. The maximum Gasteiger partial charge on any atom is -0.00654 e. The predicted octanol–water partition coefficient (Wildman–Crippen LogP) is 7.46. The summed E-state index contributed by atoms with van der Waals surface area (Å²) >= 11 is 0. The molecule has 0 aromatic heterocycles. The van der Waals surface area contributed by atoms with Gasteiger partial charge in [-0.25, -0.2) is 0 Å². The monoisotopic (exact) mass is 392 g/mol. The average Bonchev–Trinajstić information content (AvgIpc) is 2.66. The zero-order valence-corrected chi connectivity index (χ0v) is 18.3. The Bertz CT molecular complexity index is 673. The van der Waals surface area contributed by atoms with Crippen LogP contribution in [0.3, 0.4) is 0 Å². The van der Waals surface area contributed by atoms with E-state index < -0.39 is 0 Å². The van der Waals surface area contributed by atoms with E-state index >= 15 is 0 Å². The molecule has 1 atom stereocenters. The zero-order chi connectivity index (χ0) is 18.3. The number of benzene rings is 1. The quantitative estimate of drug-likeness (QED) is 0.466. The SMILES string of the molecule is c1ccc(CP(C2C3CC4CC(C3)CC2C4)C23CC4CC(CC(C4)C2)C3)cc1. The van der Waals surface area contributed by atoms with E-state index in [-0.39, 0.29) is 7.92 Å². The van der Waals surface area contributed by atoms with E-state index in [0.29, 0.717) is 0 Å². The van der Waals surface area contributed by atoms with Gasteiger partial charge in [0.1, 0.15) is 0 Å². The Labute approximate surface area is 173 Å². The van der Waals surface area contributed by atoms with Crippen LogP contribution >= 0.6 is 7.92 Å². The maximum atomic E-state index is 2.46. The van der Waals surface area contributed by atoms with Crippen molar-refractivity contribution in [3.05, 3.63) is 35.9 Å².